The molecule has 1 heterocycles. The van der Waals surface area contributed by atoms with E-state index in [1.807, 2.05) is 20.8 Å². The van der Waals surface area contributed by atoms with Crippen LogP contribution in [0.4, 0.5) is 5.82 Å². The molecule has 1 amide bonds. The molecule has 0 radical (unpaired) electrons. The van der Waals surface area contributed by atoms with E-state index in [0.717, 1.165) is 0 Å². The van der Waals surface area contributed by atoms with Crippen LogP contribution >= 0.6 is 11.6 Å². The van der Waals surface area contributed by atoms with Crippen molar-refractivity contribution in [2.24, 2.45) is 0 Å². The monoisotopic (exact) mass is 258 g/mol. The van der Waals surface area contributed by atoms with E-state index in [1.54, 1.807) is 0 Å². The van der Waals surface area contributed by atoms with Crippen LogP contribution in [0.1, 0.15) is 20.8 Å². The Morgan fingerprint density at radius 3 is 2.76 bits per heavy atom. The first-order valence-electron chi connectivity index (χ1n) is 5.07. The maximum Gasteiger partial charge on any atom is 0.271 e. The van der Waals surface area contributed by atoms with Gasteiger partial charge < -0.3 is 15.6 Å². The standard InChI is InChI=1S/C10H15ClN4O2/c1-10(2,3)15-6(16)4-12-8-7(11)9(17)14-5-13-8/h5H,4H2,1-3H3,(H,15,16)(H2,12,13,14,17). The van der Waals surface area contributed by atoms with E-state index in [2.05, 4.69) is 20.6 Å². The van der Waals surface area contributed by atoms with Crippen molar-refractivity contribution >= 4 is 23.3 Å². The molecule has 7 heteroatoms. The van der Waals surface area contributed by atoms with Crippen LogP contribution in [0.3, 0.4) is 0 Å². The normalized spacial score (nSPS) is 11.1. The molecule has 1 aromatic heterocycles. The quantitative estimate of drug-likeness (QED) is 0.747. The predicted octanol–water partition coefficient (Wildman–Crippen LogP) is 0.750. The number of carbonyl (C=O) groups excluding carboxylic acids is 1. The second kappa shape index (κ2) is 5.18. The molecule has 3 N–H and O–H groups in total. The zero-order valence-electron chi connectivity index (χ0n) is 9.93. The fourth-order valence-electron chi connectivity index (χ4n) is 1.13. The third-order valence-corrected chi connectivity index (χ3v) is 2.08. The molecule has 0 aliphatic rings. The molecule has 0 atom stereocenters. The maximum absolute atomic E-state index is 11.5. The maximum atomic E-state index is 11.5. The van der Waals surface area contributed by atoms with Gasteiger partial charge in [0, 0.05) is 5.54 Å². The number of rotatable bonds is 3. The van der Waals surface area contributed by atoms with Crippen LogP contribution in [0.2, 0.25) is 5.02 Å². The number of hydrogen-bond donors (Lipinski definition) is 3. The average Bonchev–Trinajstić information content (AvgIpc) is 2.18. The number of amides is 1. The number of aromatic nitrogens is 2. The Hall–Kier alpha value is -1.56. The number of aromatic amines is 1. The van der Waals surface area contributed by atoms with Crippen molar-refractivity contribution < 1.29 is 4.79 Å². The Balaban J connectivity index is 2.60. The lowest BCUT2D eigenvalue weighted by atomic mass is 10.1. The molecular weight excluding hydrogens is 244 g/mol. The Labute approximate surface area is 104 Å². The molecule has 0 unspecified atom stereocenters. The minimum Gasteiger partial charge on any atom is -0.360 e. The largest absolute Gasteiger partial charge is 0.360 e. The summed E-state index contributed by atoms with van der Waals surface area (Å²) in [7, 11) is 0. The molecule has 0 spiro atoms. The average molecular weight is 259 g/mol. The summed E-state index contributed by atoms with van der Waals surface area (Å²) in [5, 5.41) is 5.41. The molecule has 0 aliphatic heterocycles. The number of nitrogens with one attached hydrogen (secondary N) is 3. The van der Waals surface area contributed by atoms with Gasteiger partial charge in [0.05, 0.1) is 12.9 Å². The Morgan fingerprint density at radius 1 is 1.53 bits per heavy atom. The summed E-state index contributed by atoms with van der Waals surface area (Å²) in [6, 6.07) is 0. The Kier molecular flexibility index (Phi) is 4.11. The van der Waals surface area contributed by atoms with Crippen molar-refractivity contribution in [3.8, 4) is 0 Å². The first kappa shape index (κ1) is 13.5. The predicted molar refractivity (Wildman–Crippen MR) is 66.3 cm³/mol. The molecule has 0 bridgehead atoms. The summed E-state index contributed by atoms with van der Waals surface area (Å²) in [5.41, 5.74) is -0.746. The molecule has 6 nitrogen and oxygen atoms in total. The van der Waals surface area contributed by atoms with Crippen LogP contribution in [0.15, 0.2) is 11.1 Å². The number of anilines is 1. The minimum atomic E-state index is -0.444. The smallest absolute Gasteiger partial charge is 0.271 e. The molecular formula is C10H15ClN4O2. The van der Waals surface area contributed by atoms with Crippen LogP contribution in [-0.2, 0) is 4.79 Å². The van der Waals surface area contributed by atoms with Gasteiger partial charge in [-0.3, -0.25) is 9.59 Å². The summed E-state index contributed by atoms with van der Waals surface area (Å²) in [6.45, 7) is 5.64. The van der Waals surface area contributed by atoms with E-state index < -0.39 is 5.56 Å². The number of nitrogens with zero attached hydrogens (tertiary/aromatic N) is 1. The molecule has 0 aromatic carbocycles. The molecule has 1 rings (SSSR count). The van der Waals surface area contributed by atoms with Gasteiger partial charge in [-0.1, -0.05) is 11.6 Å². The van der Waals surface area contributed by atoms with E-state index in [-0.39, 0.29) is 28.8 Å². The zero-order valence-corrected chi connectivity index (χ0v) is 10.7. The zero-order chi connectivity index (χ0) is 13.1. The van der Waals surface area contributed by atoms with E-state index in [0.29, 0.717) is 0 Å². The van der Waals surface area contributed by atoms with Gasteiger partial charge in [0.25, 0.3) is 5.56 Å². The molecule has 0 saturated carbocycles. The first-order valence-corrected chi connectivity index (χ1v) is 5.45. The van der Waals surface area contributed by atoms with Crippen molar-refractivity contribution in [3.05, 3.63) is 21.7 Å². The third-order valence-electron chi connectivity index (χ3n) is 1.73. The minimum absolute atomic E-state index is 0.00738. The lowest BCUT2D eigenvalue weighted by molar-refractivity contribution is -0.120. The summed E-state index contributed by atoms with van der Waals surface area (Å²) in [5.74, 6) is -0.00451. The Bertz CT molecular complexity index is 464. The fourth-order valence-corrected chi connectivity index (χ4v) is 1.30. The third kappa shape index (κ3) is 4.44. The number of hydrogen-bond acceptors (Lipinski definition) is 4. The van der Waals surface area contributed by atoms with Crippen molar-refractivity contribution in [1.29, 1.82) is 0 Å². The summed E-state index contributed by atoms with van der Waals surface area (Å²) < 4.78 is 0. The topological polar surface area (TPSA) is 86.9 Å². The van der Waals surface area contributed by atoms with Gasteiger partial charge in [0.2, 0.25) is 5.91 Å². The number of H-pyrrole nitrogens is 1. The van der Waals surface area contributed by atoms with Gasteiger partial charge in [0.1, 0.15) is 5.02 Å². The van der Waals surface area contributed by atoms with Crippen LogP contribution < -0.4 is 16.2 Å². The highest BCUT2D eigenvalue weighted by atomic mass is 35.5. The highest BCUT2D eigenvalue weighted by molar-refractivity contribution is 6.32. The highest BCUT2D eigenvalue weighted by Crippen LogP contribution is 2.11. The molecule has 1 aromatic rings. The number of halogens is 1. The molecule has 0 aliphatic carbocycles. The van der Waals surface area contributed by atoms with Crippen LogP contribution in [0.5, 0.6) is 0 Å². The SMILES string of the molecule is CC(C)(C)NC(=O)CNc1nc[nH]c(=O)c1Cl. The second-order valence-electron chi connectivity index (χ2n) is 4.55. The van der Waals surface area contributed by atoms with E-state index >= 15 is 0 Å². The van der Waals surface area contributed by atoms with E-state index in [9.17, 15) is 9.59 Å². The van der Waals surface area contributed by atoms with Crippen LogP contribution in [0, 0.1) is 0 Å². The summed E-state index contributed by atoms with van der Waals surface area (Å²) in [6.07, 6.45) is 1.22. The molecule has 94 valence electrons. The summed E-state index contributed by atoms with van der Waals surface area (Å²) in [4.78, 5) is 28.8. The van der Waals surface area contributed by atoms with Gasteiger partial charge in [-0.25, -0.2) is 4.98 Å². The second-order valence-corrected chi connectivity index (χ2v) is 4.92. The van der Waals surface area contributed by atoms with Gasteiger partial charge >= 0.3 is 0 Å². The highest BCUT2D eigenvalue weighted by Gasteiger charge is 2.14. The van der Waals surface area contributed by atoms with Crippen molar-refractivity contribution in [3.63, 3.8) is 0 Å². The van der Waals surface area contributed by atoms with E-state index in [1.165, 1.54) is 6.33 Å². The van der Waals surface area contributed by atoms with Crippen LogP contribution in [0.25, 0.3) is 0 Å². The van der Waals surface area contributed by atoms with Gasteiger partial charge in [-0.15, -0.1) is 0 Å². The van der Waals surface area contributed by atoms with Gasteiger partial charge in [0.15, 0.2) is 5.82 Å². The van der Waals surface area contributed by atoms with Gasteiger partial charge in [-0.05, 0) is 20.8 Å². The molecule has 0 fully saturated rings. The lowest BCUT2D eigenvalue weighted by Crippen LogP contribution is -2.43. The molecule has 0 saturated heterocycles. The van der Waals surface area contributed by atoms with Crippen LogP contribution in [-0.4, -0.2) is 28.0 Å². The van der Waals surface area contributed by atoms with E-state index in [4.69, 9.17) is 11.6 Å². The lowest BCUT2D eigenvalue weighted by Gasteiger charge is -2.20. The van der Waals surface area contributed by atoms with Gasteiger partial charge in [-0.2, -0.15) is 0 Å². The molecule has 17 heavy (non-hydrogen) atoms. The fraction of sp³-hybridized carbons (Fsp3) is 0.500. The Morgan fingerprint density at radius 2 is 2.18 bits per heavy atom. The van der Waals surface area contributed by atoms with Crippen molar-refractivity contribution in [1.82, 2.24) is 15.3 Å². The number of carbonyl (C=O) groups is 1. The summed E-state index contributed by atoms with van der Waals surface area (Å²) >= 11 is 5.71. The van der Waals surface area contributed by atoms with Crippen molar-refractivity contribution in [2.45, 2.75) is 26.3 Å². The first-order chi connectivity index (χ1) is 7.79. The van der Waals surface area contributed by atoms with Crippen molar-refractivity contribution in [2.75, 3.05) is 11.9 Å².